The highest BCUT2D eigenvalue weighted by molar-refractivity contribution is 5.93. The third-order valence-electron chi connectivity index (χ3n) is 4.17. The molecule has 0 aliphatic rings. The molecule has 1 aromatic carbocycles. The molecule has 6 nitrogen and oxygen atoms in total. The smallest absolute Gasteiger partial charge is 0.270 e. The Hall–Kier alpha value is -3.28. The van der Waals surface area contributed by atoms with Crippen molar-refractivity contribution in [2.45, 2.75) is 32.9 Å². The van der Waals surface area contributed by atoms with Gasteiger partial charge in [-0.3, -0.25) is 9.78 Å². The second-order valence-corrected chi connectivity index (χ2v) is 6.33. The van der Waals surface area contributed by atoms with E-state index in [2.05, 4.69) is 39.4 Å². The van der Waals surface area contributed by atoms with E-state index in [-0.39, 0.29) is 11.9 Å². The van der Waals surface area contributed by atoms with Crippen LogP contribution in [0.15, 0.2) is 60.9 Å². The Kier molecular flexibility index (Phi) is 6.10. The van der Waals surface area contributed by atoms with Gasteiger partial charge in [0.2, 0.25) is 0 Å². The van der Waals surface area contributed by atoms with Crippen LogP contribution < -0.4 is 10.6 Å². The number of carbonyl (C=O) groups is 1. The quantitative estimate of drug-likeness (QED) is 0.671. The number of hydrogen-bond acceptors (Lipinski definition) is 5. The molecule has 0 bridgehead atoms. The SMILES string of the molecule is CCC(C)Nc1cc(C(=O)NCc2cccnc2)nc(-c2ccccc2)n1. The lowest BCUT2D eigenvalue weighted by molar-refractivity contribution is 0.0946. The maximum atomic E-state index is 12.7. The summed E-state index contributed by atoms with van der Waals surface area (Å²) in [4.78, 5) is 25.8. The fourth-order valence-corrected chi connectivity index (χ4v) is 2.48. The van der Waals surface area contributed by atoms with Crippen LogP contribution in [-0.4, -0.2) is 26.9 Å². The molecule has 6 heteroatoms. The molecule has 2 N–H and O–H groups in total. The zero-order chi connectivity index (χ0) is 19.1. The summed E-state index contributed by atoms with van der Waals surface area (Å²) in [6, 6.07) is 15.3. The Morgan fingerprint density at radius 2 is 1.93 bits per heavy atom. The van der Waals surface area contributed by atoms with E-state index in [1.54, 1.807) is 18.5 Å². The van der Waals surface area contributed by atoms with Crippen LogP contribution in [0.4, 0.5) is 5.82 Å². The third kappa shape index (κ3) is 5.10. The monoisotopic (exact) mass is 361 g/mol. The van der Waals surface area contributed by atoms with Crippen molar-refractivity contribution in [1.29, 1.82) is 0 Å². The molecule has 0 saturated heterocycles. The number of hydrogen-bond donors (Lipinski definition) is 2. The fraction of sp³-hybridized carbons (Fsp3) is 0.238. The Morgan fingerprint density at radius 3 is 2.63 bits per heavy atom. The zero-order valence-electron chi connectivity index (χ0n) is 15.5. The van der Waals surface area contributed by atoms with Crippen molar-refractivity contribution < 1.29 is 4.79 Å². The molecule has 0 spiro atoms. The maximum absolute atomic E-state index is 12.7. The second-order valence-electron chi connectivity index (χ2n) is 6.33. The normalized spacial score (nSPS) is 11.6. The predicted octanol–water partition coefficient (Wildman–Crippen LogP) is 3.68. The van der Waals surface area contributed by atoms with Crippen molar-refractivity contribution in [1.82, 2.24) is 20.3 Å². The summed E-state index contributed by atoms with van der Waals surface area (Å²) in [5.41, 5.74) is 2.13. The number of anilines is 1. The van der Waals surface area contributed by atoms with Gasteiger partial charge in [-0.05, 0) is 25.0 Å². The first-order valence-electron chi connectivity index (χ1n) is 9.04. The average Bonchev–Trinajstić information content (AvgIpc) is 2.73. The van der Waals surface area contributed by atoms with E-state index in [9.17, 15) is 4.79 Å². The van der Waals surface area contributed by atoms with E-state index in [4.69, 9.17) is 0 Å². The number of nitrogens with zero attached hydrogens (tertiary/aromatic N) is 3. The van der Waals surface area contributed by atoms with E-state index in [1.165, 1.54) is 0 Å². The minimum Gasteiger partial charge on any atom is -0.367 e. The minimum absolute atomic E-state index is 0.245. The average molecular weight is 361 g/mol. The van der Waals surface area contributed by atoms with E-state index in [1.807, 2.05) is 42.5 Å². The van der Waals surface area contributed by atoms with Crippen LogP contribution >= 0.6 is 0 Å². The molecule has 1 amide bonds. The summed E-state index contributed by atoms with van der Waals surface area (Å²) in [5, 5.41) is 6.22. The molecule has 3 aromatic rings. The summed E-state index contributed by atoms with van der Waals surface area (Å²) in [6.45, 7) is 4.57. The van der Waals surface area contributed by atoms with E-state index in [0.717, 1.165) is 17.5 Å². The number of amides is 1. The Bertz CT molecular complexity index is 884. The van der Waals surface area contributed by atoms with E-state index >= 15 is 0 Å². The number of rotatable bonds is 7. The van der Waals surface area contributed by atoms with Crippen LogP contribution in [0.1, 0.15) is 36.3 Å². The number of pyridine rings is 1. The van der Waals surface area contributed by atoms with Gasteiger partial charge in [0.25, 0.3) is 5.91 Å². The molecule has 0 fully saturated rings. The summed E-state index contributed by atoms with van der Waals surface area (Å²) in [5.74, 6) is 0.922. The highest BCUT2D eigenvalue weighted by atomic mass is 16.1. The number of aromatic nitrogens is 3. The lowest BCUT2D eigenvalue weighted by Crippen LogP contribution is -2.25. The molecular weight excluding hydrogens is 338 g/mol. The van der Waals surface area contributed by atoms with Crippen LogP contribution in [0, 0.1) is 0 Å². The van der Waals surface area contributed by atoms with Crippen molar-refractivity contribution in [2.24, 2.45) is 0 Å². The fourth-order valence-electron chi connectivity index (χ4n) is 2.48. The topological polar surface area (TPSA) is 79.8 Å². The lowest BCUT2D eigenvalue weighted by Gasteiger charge is -2.14. The maximum Gasteiger partial charge on any atom is 0.270 e. The van der Waals surface area contributed by atoms with E-state index in [0.29, 0.717) is 23.9 Å². The van der Waals surface area contributed by atoms with Crippen molar-refractivity contribution in [2.75, 3.05) is 5.32 Å². The highest BCUT2D eigenvalue weighted by Crippen LogP contribution is 2.18. The summed E-state index contributed by atoms with van der Waals surface area (Å²) >= 11 is 0. The molecule has 2 heterocycles. The molecule has 0 aliphatic heterocycles. The van der Waals surface area contributed by atoms with Gasteiger partial charge in [0.1, 0.15) is 11.5 Å². The van der Waals surface area contributed by atoms with Gasteiger partial charge in [0.05, 0.1) is 0 Å². The molecule has 2 aromatic heterocycles. The summed E-state index contributed by atoms with van der Waals surface area (Å²) in [6.07, 6.45) is 4.38. The first kappa shape index (κ1) is 18.5. The molecule has 0 radical (unpaired) electrons. The standard InChI is InChI=1S/C21H23N5O/c1-3-15(2)24-19-12-18(21(27)23-14-16-8-7-11-22-13-16)25-20(26-19)17-9-5-4-6-10-17/h4-13,15H,3,14H2,1-2H3,(H,23,27)(H,24,25,26). The van der Waals surface area contributed by atoms with Crippen LogP contribution in [0.25, 0.3) is 11.4 Å². The van der Waals surface area contributed by atoms with Gasteiger partial charge in [-0.1, -0.05) is 43.3 Å². The molecule has 0 aliphatic carbocycles. The molecule has 0 saturated carbocycles. The Morgan fingerprint density at radius 1 is 1.11 bits per heavy atom. The molecule has 138 valence electrons. The van der Waals surface area contributed by atoms with Crippen molar-refractivity contribution in [3.8, 4) is 11.4 Å². The minimum atomic E-state index is -0.245. The van der Waals surface area contributed by atoms with Crippen molar-refractivity contribution in [3.05, 3.63) is 72.2 Å². The lowest BCUT2D eigenvalue weighted by atomic mass is 10.2. The predicted molar refractivity (Wildman–Crippen MR) is 106 cm³/mol. The molecular formula is C21H23N5O. The zero-order valence-corrected chi connectivity index (χ0v) is 15.5. The summed E-state index contributed by atoms with van der Waals surface area (Å²) < 4.78 is 0. The van der Waals surface area contributed by atoms with Gasteiger partial charge >= 0.3 is 0 Å². The highest BCUT2D eigenvalue weighted by Gasteiger charge is 2.14. The largest absolute Gasteiger partial charge is 0.367 e. The van der Waals surface area contributed by atoms with Crippen LogP contribution in [-0.2, 0) is 6.54 Å². The van der Waals surface area contributed by atoms with Crippen LogP contribution in [0.2, 0.25) is 0 Å². The number of benzene rings is 1. The van der Waals surface area contributed by atoms with Crippen molar-refractivity contribution >= 4 is 11.7 Å². The second kappa shape index (κ2) is 8.89. The van der Waals surface area contributed by atoms with E-state index < -0.39 is 0 Å². The Labute approximate surface area is 159 Å². The van der Waals surface area contributed by atoms with Gasteiger partial charge in [-0.15, -0.1) is 0 Å². The first-order chi connectivity index (χ1) is 13.2. The molecule has 1 unspecified atom stereocenters. The van der Waals surface area contributed by atoms with Gasteiger partial charge in [-0.25, -0.2) is 9.97 Å². The van der Waals surface area contributed by atoms with Gasteiger partial charge in [-0.2, -0.15) is 0 Å². The van der Waals surface area contributed by atoms with Crippen molar-refractivity contribution in [3.63, 3.8) is 0 Å². The Balaban J connectivity index is 1.86. The number of carbonyl (C=O) groups excluding carboxylic acids is 1. The van der Waals surface area contributed by atoms with Crippen LogP contribution in [0.5, 0.6) is 0 Å². The molecule has 3 rings (SSSR count). The van der Waals surface area contributed by atoms with Gasteiger partial charge in [0, 0.05) is 36.6 Å². The van der Waals surface area contributed by atoms with Gasteiger partial charge < -0.3 is 10.6 Å². The number of nitrogens with one attached hydrogen (secondary N) is 2. The van der Waals surface area contributed by atoms with Gasteiger partial charge in [0.15, 0.2) is 5.82 Å². The third-order valence-corrected chi connectivity index (χ3v) is 4.17. The van der Waals surface area contributed by atoms with Crippen LogP contribution in [0.3, 0.4) is 0 Å². The summed E-state index contributed by atoms with van der Waals surface area (Å²) in [7, 11) is 0. The molecule has 27 heavy (non-hydrogen) atoms. The first-order valence-corrected chi connectivity index (χ1v) is 9.04. The molecule has 1 atom stereocenters.